The summed E-state index contributed by atoms with van der Waals surface area (Å²) in [5.74, 6) is -0.261. The highest BCUT2D eigenvalue weighted by molar-refractivity contribution is 5.95. The minimum atomic E-state index is -0.525. The third-order valence-corrected chi connectivity index (χ3v) is 3.27. The number of hydrogen-bond donors (Lipinski definition) is 2. The summed E-state index contributed by atoms with van der Waals surface area (Å²) in [4.78, 5) is 11.9. The van der Waals surface area contributed by atoms with E-state index >= 15 is 0 Å². The van der Waals surface area contributed by atoms with Gasteiger partial charge in [-0.15, -0.1) is 0 Å². The van der Waals surface area contributed by atoms with E-state index in [2.05, 4.69) is 12.2 Å². The van der Waals surface area contributed by atoms with Gasteiger partial charge in [0.05, 0.1) is 5.56 Å². The topological polar surface area (TPSA) is 55.1 Å². The van der Waals surface area contributed by atoms with Crippen LogP contribution in [0.1, 0.15) is 36.5 Å². The Kier molecular flexibility index (Phi) is 3.31. The number of nitrogen functional groups attached to an aromatic ring is 1. The van der Waals surface area contributed by atoms with Gasteiger partial charge in [0, 0.05) is 11.7 Å². The summed E-state index contributed by atoms with van der Waals surface area (Å²) in [5.41, 5.74) is 5.98. The number of carbonyl (C=O) groups excluding carboxylic acids is 1. The highest BCUT2D eigenvalue weighted by Crippen LogP contribution is 2.25. The van der Waals surface area contributed by atoms with E-state index in [0.717, 1.165) is 19.3 Å². The molecule has 1 aliphatic rings. The third-order valence-electron chi connectivity index (χ3n) is 3.27. The number of benzene rings is 1. The summed E-state index contributed by atoms with van der Waals surface area (Å²) in [6.45, 7) is 2.16. The van der Waals surface area contributed by atoms with E-state index in [-0.39, 0.29) is 17.5 Å². The van der Waals surface area contributed by atoms with Gasteiger partial charge < -0.3 is 11.1 Å². The molecule has 0 aromatic heterocycles. The molecular weight excluding hydrogens is 219 g/mol. The average Bonchev–Trinajstić information content (AvgIpc) is 2.67. The first-order valence-corrected chi connectivity index (χ1v) is 5.92. The van der Waals surface area contributed by atoms with Crippen molar-refractivity contribution in [1.29, 1.82) is 0 Å². The second-order valence-electron chi connectivity index (χ2n) is 4.83. The van der Waals surface area contributed by atoms with E-state index in [4.69, 9.17) is 5.73 Å². The fourth-order valence-electron chi connectivity index (χ4n) is 2.32. The second kappa shape index (κ2) is 4.73. The Morgan fingerprint density at radius 1 is 1.47 bits per heavy atom. The number of rotatable bonds is 2. The molecular formula is C13H17FN2O. The van der Waals surface area contributed by atoms with Gasteiger partial charge in [0.2, 0.25) is 0 Å². The molecule has 92 valence electrons. The van der Waals surface area contributed by atoms with Crippen molar-refractivity contribution in [2.75, 3.05) is 5.73 Å². The first-order valence-electron chi connectivity index (χ1n) is 5.92. The van der Waals surface area contributed by atoms with Crippen molar-refractivity contribution in [2.24, 2.45) is 5.92 Å². The molecule has 3 N–H and O–H groups in total. The van der Waals surface area contributed by atoms with Crippen LogP contribution < -0.4 is 11.1 Å². The van der Waals surface area contributed by atoms with Gasteiger partial charge in [-0.2, -0.15) is 0 Å². The van der Waals surface area contributed by atoms with Crippen LogP contribution in [-0.2, 0) is 0 Å². The van der Waals surface area contributed by atoms with Crippen LogP contribution in [-0.4, -0.2) is 11.9 Å². The Bertz CT molecular complexity index is 433. The Hall–Kier alpha value is -1.58. The molecule has 0 spiro atoms. The van der Waals surface area contributed by atoms with E-state index in [1.54, 1.807) is 0 Å². The maximum atomic E-state index is 13.5. The minimum absolute atomic E-state index is 0.0320. The van der Waals surface area contributed by atoms with E-state index in [1.807, 2.05) is 0 Å². The van der Waals surface area contributed by atoms with Crippen LogP contribution in [0, 0.1) is 11.7 Å². The van der Waals surface area contributed by atoms with Crippen LogP contribution in [0.3, 0.4) is 0 Å². The summed E-state index contributed by atoms with van der Waals surface area (Å²) in [5, 5.41) is 2.86. The van der Waals surface area contributed by atoms with Gasteiger partial charge in [-0.3, -0.25) is 4.79 Å². The van der Waals surface area contributed by atoms with Crippen molar-refractivity contribution < 1.29 is 9.18 Å². The number of nitrogens with two attached hydrogens (primary N) is 1. The van der Waals surface area contributed by atoms with Crippen LogP contribution in [0.2, 0.25) is 0 Å². The zero-order chi connectivity index (χ0) is 12.4. The highest BCUT2D eigenvalue weighted by atomic mass is 19.1. The molecule has 1 amide bonds. The Morgan fingerprint density at radius 2 is 2.24 bits per heavy atom. The fourth-order valence-corrected chi connectivity index (χ4v) is 2.32. The van der Waals surface area contributed by atoms with Crippen LogP contribution in [0.15, 0.2) is 18.2 Å². The summed E-state index contributed by atoms with van der Waals surface area (Å²) in [7, 11) is 0. The molecule has 1 aliphatic carbocycles. The van der Waals surface area contributed by atoms with Crippen LogP contribution >= 0.6 is 0 Å². The Balaban J connectivity index is 2.06. The fraction of sp³-hybridized carbons (Fsp3) is 0.462. The molecule has 0 saturated heterocycles. The van der Waals surface area contributed by atoms with Crippen LogP contribution in [0.25, 0.3) is 0 Å². The molecule has 2 rings (SSSR count). The molecule has 0 heterocycles. The van der Waals surface area contributed by atoms with Crippen molar-refractivity contribution in [1.82, 2.24) is 5.32 Å². The molecule has 1 saturated carbocycles. The van der Waals surface area contributed by atoms with Gasteiger partial charge >= 0.3 is 0 Å². The monoisotopic (exact) mass is 236 g/mol. The minimum Gasteiger partial charge on any atom is -0.399 e. The lowest BCUT2D eigenvalue weighted by Crippen LogP contribution is -2.33. The van der Waals surface area contributed by atoms with E-state index in [0.29, 0.717) is 11.6 Å². The number of halogens is 1. The number of carbonyl (C=O) groups is 1. The van der Waals surface area contributed by atoms with Gasteiger partial charge in [-0.25, -0.2) is 4.39 Å². The second-order valence-corrected chi connectivity index (χ2v) is 4.83. The normalized spacial score (nSPS) is 23.6. The SMILES string of the molecule is CC1CCC(NC(=O)c2cc(N)ccc2F)C1. The maximum Gasteiger partial charge on any atom is 0.254 e. The van der Waals surface area contributed by atoms with Crippen molar-refractivity contribution in [3.63, 3.8) is 0 Å². The van der Waals surface area contributed by atoms with Crippen molar-refractivity contribution in [3.8, 4) is 0 Å². The quantitative estimate of drug-likeness (QED) is 0.774. The molecule has 0 radical (unpaired) electrons. The first-order chi connectivity index (χ1) is 8.06. The van der Waals surface area contributed by atoms with Crippen LogP contribution in [0.5, 0.6) is 0 Å². The molecule has 1 aromatic carbocycles. The largest absolute Gasteiger partial charge is 0.399 e. The lowest BCUT2D eigenvalue weighted by atomic mass is 10.1. The molecule has 4 heteroatoms. The first kappa shape index (κ1) is 11.9. The lowest BCUT2D eigenvalue weighted by Gasteiger charge is -2.13. The zero-order valence-corrected chi connectivity index (χ0v) is 9.87. The molecule has 3 nitrogen and oxygen atoms in total. The third kappa shape index (κ3) is 2.75. The zero-order valence-electron chi connectivity index (χ0n) is 9.87. The van der Waals surface area contributed by atoms with Gasteiger partial charge in [-0.05, 0) is 43.4 Å². The van der Waals surface area contributed by atoms with Crippen molar-refractivity contribution in [2.45, 2.75) is 32.2 Å². The maximum absolute atomic E-state index is 13.5. The molecule has 1 aromatic rings. The van der Waals surface area contributed by atoms with Crippen LogP contribution in [0.4, 0.5) is 10.1 Å². The smallest absolute Gasteiger partial charge is 0.254 e. The summed E-state index contributed by atoms with van der Waals surface area (Å²) in [6.07, 6.45) is 3.05. The van der Waals surface area contributed by atoms with Gasteiger partial charge in [-0.1, -0.05) is 6.92 Å². The number of amides is 1. The highest BCUT2D eigenvalue weighted by Gasteiger charge is 2.24. The van der Waals surface area contributed by atoms with E-state index < -0.39 is 5.82 Å². The van der Waals surface area contributed by atoms with E-state index in [1.165, 1.54) is 18.2 Å². The summed E-state index contributed by atoms with van der Waals surface area (Å²) in [6, 6.07) is 4.22. The van der Waals surface area contributed by atoms with Gasteiger partial charge in [0.15, 0.2) is 0 Å². The average molecular weight is 236 g/mol. The molecule has 17 heavy (non-hydrogen) atoms. The van der Waals surface area contributed by atoms with Crippen molar-refractivity contribution in [3.05, 3.63) is 29.6 Å². The molecule has 0 aliphatic heterocycles. The predicted molar refractivity (Wildman–Crippen MR) is 65.1 cm³/mol. The summed E-state index contributed by atoms with van der Waals surface area (Å²) >= 11 is 0. The Labute approximate surface area is 100 Å². The molecule has 0 bridgehead atoms. The molecule has 2 unspecified atom stereocenters. The van der Waals surface area contributed by atoms with Gasteiger partial charge in [0.25, 0.3) is 5.91 Å². The van der Waals surface area contributed by atoms with Crippen molar-refractivity contribution >= 4 is 11.6 Å². The van der Waals surface area contributed by atoms with E-state index in [9.17, 15) is 9.18 Å². The lowest BCUT2D eigenvalue weighted by molar-refractivity contribution is 0.0933. The number of hydrogen-bond acceptors (Lipinski definition) is 2. The number of nitrogens with one attached hydrogen (secondary N) is 1. The summed E-state index contributed by atoms with van der Waals surface area (Å²) < 4.78 is 13.5. The number of anilines is 1. The standard InChI is InChI=1S/C13H17FN2O/c1-8-2-4-10(6-8)16-13(17)11-7-9(15)3-5-12(11)14/h3,5,7-8,10H,2,4,6,15H2,1H3,(H,16,17). The molecule has 1 fully saturated rings. The Morgan fingerprint density at radius 3 is 2.88 bits per heavy atom. The predicted octanol–water partition coefficient (Wildman–Crippen LogP) is 2.33. The van der Waals surface area contributed by atoms with Gasteiger partial charge in [0.1, 0.15) is 5.82 Å². The molecule has 2 atom stereocenters.